The van der Waals surface area contributed by atoms with Crippen LogP contribution >= 0.6 is 0 Å². The minimum atomic E-state index is 0. The molecule has 58 valence electrons. The summed E-state index contributed by atoms with van der Waals surface area (Å²) in [7, 11) is 0. The summed E-state index contributed by atoms with van der Waals surface area (Å²) in [6.45, 7) is 4.43. The van der Waals surface area contributed by atoms with Gasteiger partial charge < -0.3 is 0 Å². The number of allylic oxidation sites excluding steroid dienone is 2. The third-order valence-corrected chi connectivity index (χ3v) is 2.38. The Hall–Kier alpha value is -0.0400. The monoisotopic (exact) mass is 168 g/mol. The van der Waals surface area contributed by atoms with Crippen LogP contribution in [-0.4, -0.2) is 29.6 Å². The van der Waals surface area contributed by atoms with Crippen molar-refractivity contribution < 1.29 is 0 Å². The molecular formula is C11H13Na. The first-order chi connectivity index (χ1) is 5.29. The third kappa shape index (κ3) is 1.52. The van der Waals surface area contributed by atoms with Crippen LogP contribution in [0.15, 0.2) is 30.3 Å². The van der Waals surface area contributed by atoms with Gasteiger partial charge in [0.15, 0.2) is 0 Å². The fourth-order valence-corrected chi connectivity index (χ4v) is 1.81. The van der Waals surface area contributed by atoms with Crippen molar-refractivity contribution in [1.82, 2.24) is 0 Å². The van der Waals surface area contributed by atoms with Crippen LogP contribution in [-0.2, 0) is 0 Å². The molecule has 0 spiro atoms. The number of hydrogen-bond donors (Lipinski definition) is 0. The summed E-state index contributed by atoms with van der Waals surface area (Å²) in [6.07, 6.45) is 2.32. The Bertz CT molecular complexity index is 313. The van der Waals surface area contributed by atoms with Gasteiger partial charge in [0.1, 0.15) is 0 Å². The van der Waals surface area contributed by atoms with Gasteiger partial charge in [0, 0.05) is 5.92 Å². The molecule has 0 nitrogen and oxygen atoms in total. The fraction of sp³-hybridized carbons (Fsp3) is 0.273. The van der Waals surface area contributed by atoms with E-state index in [9.17, 15) is 0 Å². The average molecular weight is 168 g/mol. The second-order valence-electron chi connectivity index (χ2n) is 3.23. The Labute approximate surface area is 96.0 Å². The van der Waals surface area contributed by atoms with Gasteiger partial charge in [-0.3, -0.25) is 0 Å². The van der Waals surface area contributed by atoms with E-state index in [2.05, 4.69) is 44.2 Å². The zero-order chi connectivity index (χ0) is 7.84. The van der Waals surface area contributed by atoms with E-state index in [1.807, 2.05) is 0 Å². The van der Waals surface area contributed by atoms with Crippen LogP contribution in [0.2, 0.25) is 0 Å². The molecule has 1 aromatic rings. The number of rotatable bonds is 0. The van der Waals surface area contributed by atoms with Crippen LogP contribution < -0.4 is 0 Å². The van der Waals surface area contributed by atoms with Crippen LogP contribution in [0.3, 0.4) is 0 Å². The van der Waals surface area contributed by atoms with E-state index in [4.69, 9.17) is 0 Å². The molecule has 0 radical (unpaired) electrons. The molecule has 0 saturated carbocycles. The SMILES string of the molecule is CC1=CC(C)c2ccccc21.[NaH]. The van der Waals surface area contributed by atoms with Crippen molar-refractivity contribution in [2.75, 3.05) is 0 Å². The van der Waals surface area contributed by atoms with Gasteiger partial charge in [-0.2, -0.15) is 0 Å². The quantitative estimate of drug-likeness (QED) is 0.522. The topological polar surface area (TPSA) is 0 Å². The number of benzene rings is 1. The van der Waals surface area contributed by atoms with E-state index in [0.29, 0.717) is 5.92 Å². The zero-order valence-corrected chi connectivity index (χ0v) is 6.96. The molecule has 0 aliphatic heterocycles. The molecule has 0 amide bonds. The number of fused-ring (bicyclic) bond motifs is 1. The Balaban J connectivity index is 0.000000720. The predicted molar refractivity (Wildman–Crippen MR) is 55.7 cm³/mol. The summed E-state index contributed by atoms with van der Waals surface area (Å²) in [5, 5.41) is 0. The summed E-state index contributed by atoms with van der Waals surface area (Å²) in [5.41, 5.74) is 4.33. The molecule has 2 rings (SSSR count). The second kappa shape index (κ2) is 3.78. The van der Waals surface area contributed by atoms with E-state index in [-0.39, 0.29) is 29.6 Å². The van der Waals surface area contributed by atoms with Gasteiger partial charge in [0.2, 0.25) is 0 Å². The average Bonchev–Trinajstić information content (AvgIpc) is 2.30. The molecule has 0 N–H and O–H groups in total. The van der Waals surface area contributed by atoms with E-state index in [0.717, 1.165) is 0 Å². The van der Waals surface area contributed by atoms with Gasteiger partial charge in [-0.1, -0.05) is 37.3 Å². The molecule has 1 aliphatic rings. The van der Waals surface area contributed by atoms with Crippen molar-refractivity contribution >= 4 is 35.1 Å². The zero-order valence-electron chi connectivity index (χ0n) is 6.96. The van der Waals surface area contributed by atoms with Crippen LogP contribution in [0.1, 0.15) is 30.9 Å². The summed E-state index contributed by atoms with van der Waals surface area (Å²) in [6, 6.07) is 8.63. The van der Waals surface area contributed by atoms with Crippen molar-refractivity contribution in [1.29, 1.82) is 0 Å². The molecule has 1 aromatic carbocycles. The molecule has 1 unspecified atom stereocenters. The summed E-state index contributed by atoms with van der Waals surface area (Å²) < 4.78 is 0. The summed E-state index contributed by atoms with van der Waals surface area (Å²) in [5.74, 6) is 0.617. The second-order valence-corrected chi connectivity index (χ2v) is 3.23. The standard InChI is InChI=1S/C11H12.Na.H/c1-8-7-9(2)11-6-4-3-5-10(8)11;;/h3-8H,1-2H3;;. The summed E-state index contributed by atoms with van der Waals surface area (Å²) in [4.78, 5) is 0. The van der Waals surface area contributed by atoms with Crippen LogP contribution in [0.25, 0.3) is 5.57 Å². The Morgan fingerprint density at radius 3 is 2.50 bits per heavy atom. The first-order valence-electron chi connectivity index (χ1n) is 4.07. The normalized spacial score (nSPS) is 19.5. The Morgan fingerprint density at radius 2 is 1.83 bits per heavy atom. The van der Waals surface area contributed by atoms with Crippen molar-refractivity contribution in [2.24, 2.45) is 0 Å². The van der Waals surface area contributed by atoms with Gasteiger partial charge in [-0.15, -0.1) is 0 Å². The van der Waals surface area contributed by atoms with Crippen molar-refractivity contribution in [2.45, 2.75) is 19.8 Å². The fourth-order valence-electron chi connectivity index (χ4n) is 1.81. The van der Waals surface area contributed by atoms with Crippen LogP contribution in [0.5, 0.6) is 0 Å². The molecule has 0 saturated heterocycles. The first-order valence-corrected chi connectivity index (χ1v) is 4.07. The number of hydrogen-bond acceptors (Lipinski definition) is 0. The van der Waals surface area contributed by atoms with E-state index >= 15 is 0 Å². The molecule has 0 fully saturated rings. The summed E-state index contributed by atoms with van der Waals surface area (Å²) >= 11 is 0. The third-order valence-electron chi connectivity index (χ3n) is 2.38. The van der Waals surface area contributed by atoms with Gasteiger partial charge in [-0.05, 0) is 23.6 Å². The molecule has 0 aromatic heterocycles. The van der Waals surface area contributed by atoms with Crippen molar-refractivity contribution in [3.63, 3.8) is 0 Å². The van der Waals surface area contributed by atoms with Gasteiger partial charge in [0.25, 0.3) is 0 Å². The van der Waals surface area contributed by atoms with Crippen LogP contribution in [0.4, 0.5) is 0 Å². The van der Waals surface area contributed by atoms with E-state index in [1.54, 1.807) is 0 Å². The first kappa shape index (κ1) is 10.0. The molecule has 1 heteroatoms. The van der Waals surface area contributed by atoms with E-state index in [1.165, 1.54) is 16.7 Å². The molecule has 1 atom stereocenters. The van der Waals surface area contributed by atoms with E-state index < -0.39 is 0 Å². The molecule has 0 heterocycles. The van der Waals surface area contributed by atoms with Crippen molar-refractivity contribution in [3.05, 3.63) is 41.5 Å². The maximum atomic E-state index is 2.32. The van der Waals surface area contributed by atoms with Gasteiger partial charge in [0.05, 0.1) is 0 Å². The van der Waals surface area contributed by atoms with Gasteiger partial charge >= 0.3 is 29.6 Å². The molecule has 12 heavy (non-hydrogen) atoms. The Kier molecular flexibility index (Phi) is 3.16. The maximum absolute atomic E-state index is 2.32. The molecular weight excluding hydrogens is 155 g/mol. The Morgan fingerprint density at radius 1 is 1.17 bits per heavy atom. The molecule has 0 bridgehead atoms. The molecule has 1 aliphatic carbocycles. The predicted octanol–water partition coefficient (Wildman–Crippen LogP) is 2.56. The minimum absolute atomic E-state index is 0. The van der Waals surface area contributed by atoms with Crippen LogP contribution in [0, 0.1) is 0 Å². The van der Waals surface area contributed by atoms with Crippen molar-refractivity contribution in [3.8, 4) is 0 Å². The van der Waals surface area contributed by atoms with Gasteiger partial charge in [-0.25, -0.2) is 0 Å².